The molecule has 0 radical (unpaired) electrons. The third kappa shape index (κ3) is 2.06. The zero-order valence-electron chi connectivity index (χ0n) is 17.0. The molecule has 3 aromatic rings. The fraction of sp³-hybridized carbons (Fsp3) is 0.160. The Morgan fingerprint density at radius 1 is 0.969 bits per heavy atom. The number of carbonyl (C=O) groups excluding carboxylic acids is 2. The van der Waals surface area contributed by atoms with Crippen LogP contribution in [0, 0.1) is 11.2 Å². The van der Waals surface area contributed by atoms with Crippen LogP contribution in [-0.4, -0.2) is 17.5 Å². The van der Waals surface area contributed by atoms with E-state index in [4.69, 9.17) is 11.6 Å². The van der Waals surface area contributed by atoms with Crippen molar-refractivity contribution in [2.75, 3.05) is 10.3 Å². The molecule has 0 bridgehead atoms. The smallest absolute Gasteiger partial charge is 0.261 e. The van der Waals surface area contributed by atoms with Crippen molar-refractivity contribution in [2.45, 2.75) is 18.3 Å². The van der Waals surface area contributed by atoms with E-state index in [9.17, 15) is 14.0 Å². The van der Waals surface area contributed by atoms with Gasteiger partial charge in [-0.05, 0) is 48.9 Å². The molecule has 1 saturated carbocycles. The maximum absolute atomic E-state index is 14.1. The Bertz CT molecular complexity index is 1340. The van der Waals surface area contributed by atoms with E-state index in [1.165, 1.54) is 17.1 Å². The number of nitrogens with zero attached hydrogens (tertiary/aromatic N) is 2. The van der Waals surface area contributed by atoms with Gasteiger partial charge in [-0.25, -0.2) is 4.39 Å². The van der Waals surface area contributed by atoms with Crippen LogP contribution in [0.3, 0.4) is 0 Å². The molecule has 0 aromatic heterocycles. The second-order valence-electron chi connectivity index (χ2n) is 8.36. The van der Waals surface area contributed by atoms with Gasteiger partial charge in [-0.2, -0.15) is 10.1 Å². The van der Waals surface area contributed by atoms with Crippen molar-refractivity contribution in [3.8, 4) is 0 Å². The van der Waals surface area contributed by atoms with Crippen LogP contribution in [-0.2, 0) is 15.0 Å². The van der Waals surface area contributed by atoms with Crippen molar-refractivity contribution in [3.63, 3.8) is 0 Å². The number of rotatable bonds is 2. The Morgan fingerprint density at radius 3 is 2.41 bits per heavy atom. The molecular formula is C25H17ClFN3O2. The second-order valence-corrected chi connectivity index (χ2v) is 8.76. The summed E-state index contributed by atoms with van der Waals surface area (Å²) in [6.07, 6.45) is 0. The average Bonchev–Trinajstić information content (AvgIpc) is 3.20. The predicted octanol–water partition coefficient (Wildman–Crippen LogP) is 4.88. The maximum atomic E-state index is 14.1. The monoisotopic (exact) mass is 445 g/mol. The van der Waals surface area contributed by atoms with Gasteiger partial charge in [-0.3, -0.25) is 9.59 Å². The Hall–Kier alpha value is -3.51. The van der Waals surface area contributed by atoms with E-state index >= 15 is 0 Å². The molecule has 1 aliphatic carbocycles. The van der Waals surface area contributed by atoms with Crippen molar-refractivity contribution in [3.05, 3.63) is 94.8 Å². The second kappa shape index (κ2) is 6.26. The number of hydrogen-bond acceptors (Lipinski definition) is 3. The van der Waals surface area contributed by atoms with Gasteiger partial charge in [0.1, 0.15) is 16.6 Å². The van der Waals surface area contributed by atoms with Crippen LogP contribution in [0.2, 0.25) is 5.02 Å². The van der Waals surface area contributed by atoms with E-state index in [-0.39, 0.29) is 17.6 Å². The standard InChI is InChI=1S/C25H17ClFN3O2/c1-14-24(23(32)30(29-14)17-6-3-2-4-7-17)21(15-10-12-16(27)13-11-15)25(24)20-18(26)8-5-9-19(20)28-22(25)31/h2-13,21H,1H3,(H,28,31)/t21?,24-,25+/m0/s1. The lowest BCUT2D eigenvalue weighted by Gasteiger charge is -2.18. The summed E-state index contributed by atoms with van der Waals surface area (Å²) in [5.41, 5.74) is 0.513. The molecule has 0 saturated heterocycles. The van der Waals surface area contributed by atoms with Crippen LogP contribution in [0.1, 0.15) is 24.0 Å². The van der Waals surface area contributed by atoms with E-state index in [0.717, 1.165) is 0 Å². The number of hydrazone groups is 1. The van der Waals surface area contributed by atoms with E-state index in [1.54, 1.807) is 49.4 Å². The minimum atomic E-state index is -1.26. The van der Waals surface area contributed by atoms with Gasteiger partial charge < -0.3 is 5.32 Å². The van der Waals surface area contributed by atoms with Crippen LogP contribution in [0.5, 0.6) is 0 Å². The fourth-order valence-electron chi connectivity index (χ4n) is 5.77. The van der Waals surface area contributed by atoms with Gasteiger partial charge in [0.2, 0.25) is 5.91 Å². The highest BCUT2D eigenvalue weighted by molar-refractivity contribution is 6.37. The molecule has 7 heteroatoms. The molecule has 3 aromatic carbocycles. The number of anilines is 2. The van der Waals surface area contributed by atoms with Gasteiger partial charge in [-0.1, -0.05) is 48.0 Å². The molecule has 1 N–H and O–H groups in total. The minimum Gasteiger partial charge on any atom is -0.325 e. The summed E-state index contributed by atoms with van der Waals surface area (Å²) in [5, 5.41) is 9.30. The molecule has 2 amide bonds. The van der Waals surface area contributed by atoms with Crippen molar-refractivity contribution in [1.82, 2.24) is 0 Å². The average molecular weight is 446 g/mol. The Kier molecular flexibility index (Phi) is 3.76. The first kappa shape index (κ1) is 19.2. The lowest BCUT2D eigenvalue weighted by Crippen LogP contribution is -2.38. The molecule has 6 rings (SSSR count). The molecule has 5 nitrogen and oxygen atoms in total. The first-order valence-corrected chi connectivity index (χ1v) is 10.6. The van der Waals surface area contributed by atoms with Gasteiger partial charge in [0, 0.05) is 22.2 Å². The normalized spacial score (nSPS) is 27.7. The number of fused-ring (bicyclic) bond motifs is 3. The van der Waals surface area contributed by atoms with E-state index in [2.05, 4.69) is 10.4 Å². The highest BCUT2D eigenvalue weighted by Crippen LogP contribution is 2.80. The fourth-order valence-corrected chi connectivity index (χ4v) is 6.10. The maximum Gasteiger partial charge on any atom is 0.261 e. The molecule has 2 spiro atoms. The molecule has 3 atom stereocenters. The topological polar surface area (TPSA) is 61.8 Å². The van der Waals surface area contributed by atoms with Crippen LogP contribution in [0.15, 0.2) is 77.9 Å². The number of halogens is 2. The first-order valence-electron chi connectivity index (χ1n) is 10.2. The molecular weight excluding hydrogens is 429 g/mol. The van der Waals surface area contributed by atoms with E-state index in [0.29, 0.717) is 33.2 Å². The summed E-state index contributed by atoms with van der Waals surface area (Å²) in [5.74, 6) is -1.55. The van der Waals surface area contributed by atoms with Crippen molar-refractivity contribution >= 4 is 40.5 Å². The van der Waals surface area contributed by atoms with Crippen molar-refractivity contribution in [2.24, 2.45) is 10.5 Å². The quantitative estimate of drug-likeness (QED) is 0.611. The van der Waals surface area contributed by atoms with Crippen molar-refractivity contribution < 1.29 is 14.0 Å². The Labute approximate surface area is 188 Å². The summed E-state index contributed by atoms with van der Waals surface area (Å²) in [7, 11) is 0. The number of benzene rings is 3. The van der Waals surface area contributed by atoms with Gasteiger partial charge in [0.15, 0.2) is 0 Å². The number of carbonyl (C=O) groups is 2. The van der Waals surface area contributed by atoms with E-state index in [1.807, 2.05) is 18.2 Å². The van der Waals surface area contributed by atoms with E-state index < -0.39 is 16.7 Å². The van der Waals surface area contributed by atoms with Gasteiger partial charge >= 0.3 is 0 Å². The van der Waals surface area contributed by atoms with Crippen molar-refractivity contribution in [1.29, 1.82) is 0 Å². The van der Waals surface area contributed by atoms with Gasteiger partial charge in [0.05, 0.1) is 11.4 Å². The molecule has 158 valence electrons. The summed E-state index contributed by atoms with van der Waals surface area (Å²) in [4.78, 5) is 27.7. The molecule has 32 heavy (non-hydrogen) atoms. The highest BCUT2D eigenvalue weighted by atomic mass is 35.5. The molecule has 1 unspecified atom stereocenters. The number of para-hydroxylation sites is 1. The zero-order chi connectivity index (χ0) is 22.3. The molecule has 1 fully saturated rings. The molecule has 2 aliphatic heterocycles. The lowest BCUT2D eigenvalue weighted by atomic mass is 9.84. The van der Waals surface area contributed by atoms with Crippen LogP contribution >= 0.6 is 11.6 Å². The highest BCUT2D eigenvalue weighted by Gasteiger charge is 2.90. The Morgan fingerprint density at radius 2 is 1.69 bits per heavy atom. The zero-order valence-corrected chi connectivity index (χ0v) is 17.7. The third-order valence-corrected chi connectivity index (χ3v) is 7.29. The summed E-state index contributed by atoms with van der Waals surface area (Å²) >= 11 is 6.63. The third-order valence-electron chi connectivity index (χ3n) is 6.97. The number of hydrogen-bond donors (Lipinski definition) is 1. The summed E-state index contributed by atoms with van der Waals surface area (Å²) < 4.78 is 13.7. The number of nitrogens with one attached hydrogen (secondary N) is 1. The minimum absolute atomic E-state index is 0.293. The number of amides is 2. The predicted molar refractivity (Wildman–Crippen MR) is 120 cm³/mol. The lowest BCUT2D eigenvalue weighted by molar-refractivity contribution is -0.125. The Balaban J connectivity index is 1.62. The van der Waals surface area contributed by atoms with Gasteiger partial charge in [-0.15, -0.1) is 0 Å². The first-order chi connectivity index (χ1) is 15.4. The van der Waals surface area contributed by atoms with Crippen LogP contribution in [0.4, 0.5) is 15.8 Å². The SMILES string of the molecule is CC1=NN(c2ccccc2)C(=O)[C@@]12C(c1ccc(F)cc1)[C@]21C(=O)Nc2cccc(Cl)c21. The van der Waals surface area contributed by atoms with Crippen LogP contribution in [0.25, 0.3) is 0 Å². The molecule has 2 heterocycles. The summed E-state index contributed by atoms with van der Waals surface area (Å²) in [6, 6.07) is 20.3. The van der Waals surface area contributed by atoms with Crippen LogP contribution < -0.4 is 10.3 Å². The summed E-state index contributed by atoms with van der Waals surface area (Å²) in [6.45, 7) is 1.77. The molecule has 3 aliphatic rings. The largest absolute Gasteiger partial charge is 0.325 e. The van der Waals surface area contributed by atoms with Gasteiger partial charge in [0.25, 0.3) is 5.91 Å².